The minimum atomic E-state index is -4.43. The van der Waals surface area contributed by atoms with Gasteiger partial charge in [0, 0.05) is 27.0 Å². The summed E-state index contributed by atoms with van der Waals surface area (Å²) in [4.78, 5) is 22.4. The van der Waals surface area contributed by atoms with Crippen molar-refractivity contribution < 1.29 is 22.3 Å². The SMILES string of the molecule is N#C/C(=C\c1ccccc1OS(=O)(=O)c1cccc([N+](=O)[O-])c1)C(=O)Nc1cccc(I)c1. The van der Waals surface area contributed by atoms with Crippen molar-refractivity contribution in [2.45, 2.75) is 4.90 Å². The van der Waals surface area contributed by atoms with E-state index in [1.165, 1.54) is 30.3 Å². The number of nitro groups is 1. The van der Waals surface area contributed by atoms with Crippen LogP contribution in [0.25, 0.3) is 6.08 Å². The lowest BCUT2D eigenvalue weighted by Gasteiger charge is -2.10. The third-order valence-electron chi connectivity index (χ3n) is 4.18. The van der Waals surface area contributed by atoms with Gasteiger partial charge in [-0.15, -0.1) is 0 Å². The van der Waals surface area contributed by atoms with Gasteiger partial charge in [-0.3, -0.25) is 14.9 Å². The Balaban J connectivity index is 1.91. The maximum Gasteiger partial charge on any atom is 0.339 e. The molecule has 0 saturated carbocycles. The summed E-state index contributed by atoms with van der Waals surface area (Å²) in [7, 11) is -4.43. The average Bonchev–Trinajstić information content (AvgIpc) is 2.78. The second-order valence-corrected chi connectivity index (χ2v) is 9.26. The van der Waals surface area contributed by atoms with Gasteiger partial charge in [0.15, 0.2) is 0 Å². The third kappa shape index (κ3) is 6.15. The average molecular weight is 575 g/mol. The summed E-state index contributed by atoms with van der Waals surface area (Å²) >= 11 is 2.08. The Kier molecular flexibility index (Phi) is 7.41. The van der Waals surface area contributed by atoms with E-state index < -0.39 is 31.5 Å². The van der Waals surface area contributed by atoms with Crippen molar-refractivity contribution in [2.75, 3.05) is 5.32 Å². The minimum absolute atomic E-state index is 0.154. The topological polar surface area (TPSA) is 139 Å². The van der Waals surface area contributed by atoms with Crippen LogP contribution >= 0.6 is 22.6 Å². The molecule has 0 spiro atoms. The largest absolute Gasteiger partial charge is 0.378 e. The number of hydrogen-bond donors (Lipinski definition) is 1. The number of nitrogens with zero attached hydrogens (tertiary/aromatic N) is 2. The number of nitriles is 1. The Morgan fingerprint density at radius 3 is 2.52 bits per heavy atom. The molecule has 0 aliphatic heterocycles. The fourth-order valence-corrected chi connectivity index (χ4v) is 4.20. The van der Waals surface area contributed by atoms with E-state index in [1.54, 1.807) is 30.3 Å². The predicted molar refractivity (Wildman–Crippen MR) is 129 cm³/mol. The lowest BCUT2D eigenvalue weighted by molar-refractivity contribution is -0.385. The Morgan fingerprint density at radius 2 is 1.82 bits per heavy atom. The van der Waals surface area contributed by atoms with Gasteiger partial charge >= 0.3 is 10.1 Å². The molecule has 0 radical (unpaired) electrons. The molecule has 0 saturated heterocycles. The Hall–Kier alpha value is -3.76. The van der Waals surface area contributed by atoms with Crippen molar-refractivity contribution in [1.82, 2.24) is 0 Å². The monoisotopic (exact) mass is 575 g/mol. The molecule has 0 bridgehead atoms. The summed E-state index contributed by atoms with van der Waals surface area (Å²) in [6.45, 7) is 0. The zero-order chi connectivity index (χ0) is 24.0. The highest BCUT2D eigenvalue weighted by Gasteiger charge is 2.21. The van der Waals surface area contributed by atoms with Crippen LogP contribution in [-0.4, -0.2) is 19.2 Å². The number of benzene rings is 3. The first-order valence-electron chi connectivity index (χ1n) is 9.16. The first kappa shape index (κ1) is 23.9. The maximum atomic E-state index is 12.7. The summed E-state index contributed by atoms with van der Waals surface area (Å²) in [5, 5.41) is 23.0. The molecule has 0 aromatic heterocycles. The van der Waals surface area contributed by atoms with Gasteiger partial charge in [0.2, 0.25) is 0 Å². The number of para-hydroxylation sites is 1. The van der Waals surface area contributed by atoms with Gasteiger partial charge in [0.1, 0.15) is 22.3 Å². The normalized spacial score (nSPS) is 11.3. The number of non-ortho nitro benzene ring substituents is 1. The lowest BCUT2D eigenvalue weighted by atomic mass is 10.1. The van der Waals surface area contributed by atoms with E-state index in [4.69, 9.17) is 4.18 Å². The van der Waals surface area contributed by atoms with E-state index in [1.807, 2.05) is 6.07 Å². The van der Waals surface area contributed by atoms with Crippen molar-refractivity contribution >= 4 is 56.1 Å². The van der Waals surface area contributed by atoms with Crippen molar-refractivity contribution in [1.29, 1.82) is 5.26 Å². The summed E-state index contributed by atoms with van der Waals surface area (Å²) in [5.41, 5.74) is -0.0452. The number of rotatable bonds is 7. The van der Waals surface area contributed by atoms with Crippen LogP contribution in [0.2, 0.25) is 0 Å². The summed E-state index contributed by atoms with van der Waals surface area (Å²) < 4.78 is 31.4. The number of nitrogens with one attached hydrogen (secondary N) is 1. The van der Waals surface area contributed by atoms with E-state index in [0.717, 1.165) is 21.8 Å². The van der Waals surface area contributed by atoms with Crippen LogP contribution in [0.15, 0.2) is 83.3 Å². The lowest BCUT2D eigenvalue weighted by Crippen LogP contribution is -2.14. The zero-order valence-corrected chi connectivity index (χ0v) is 19.6. The molecule has 166 valence electrons. The summed E-state index contributed by atoms with van der Waals surface area (Å²) in [6, 6.07) is 19.1. The zero-order valence-electron chi connectivity index (χ0n) is 16.6. The molecule has 9 nitrogen and oxygen atoms in total. The third-order valence-corrected chi connectivity index (χ3v) is 6.08. The molecule has 11 heteroatoms. The first-order valence-corrected chi connectivity index (χ1v) is 11.6. The van der Waals surface area contributed by atoms with Gasteiger partial charge in [-0.2, -0.15) is 13.7 Å². The Bertz CT molecular complexity index is 1410. The van der Waals surface area contributed by atoms with Crippen LogP contribution in [0, 0.1) is 25.0 Å². The summed E-state index contributed by atoms with van der Waals surface area (Å²) in [5.74, 6) is -0.838. The predicted octanol–water partition coefficient (Wildman–Crippen LogP) is 4.51. The fraction of sp³-hybridized carbons (Fsp3) is 0. The number of halogens is 1. The highest BCUT2D eigenvalue weighted by molar-refractivity contribution is 14.1. The molecule has 0 heterocycles. The molecule has 3 aromatic carbocycles. The molecule has 1 N–H and O–H groups in total. The quantitative estimate of drug-likeness (QED) is 0.109. The molecular formula is C22H14IN3O6S. The van der Waals surface area contributed by atoms with Gasteiger partial charge in [-0.05, 0) is 59.0 Å². The number of hydrogen-bond acceptors (Lipinski definition) is 7. The molecule has 0 atom stereocenters. The molecule has 33 heavy (non-hydrogen) atoms. The van der Waals surface area contributed by atoms with Gasteiger partial charge in [-0.25, -0.2) is 0 Å². The number of carbonyl (C=O) groups is 1. The molecule has 0 aliphatic rings. The van der Waals surface area contributed by atoms with Crippen LogP contribution in [0.4, 0.5) is 11.4 Å². The number of nitro benzene ring substituents is 1. The van der Waals surface area contributed by atoms with Crippen LogP contribution in [-0.2, 0) is 14.9 Å². The highest BCUT2D eigenvalue weighted by atomic mass is 127. The first-order chi connectivity index (χ1) is 15.7. The molecule has 0 aliphatic carbocycles. The van der Waals surface area contributed by atoms with E-state index in [2.05, 4.69) is 27.9 Å². The van der Waals surface area contributed by atoms with Crippen molar-refractivity contribution in [3.63, 3.8) is 0 Å². The Morgan fingerprint density at radius 1 is 1.09 bits per heavy atom. The number of carbonyl (C=O) groups excluding carboxylic acids is 1. The van der Waals surface area contributed by atoms with Crippen LogP contribution in [0.1, 0.15) is 5.56 Å². The van der Waals surface area contributed by atoms with Crippen LogP contribution in [0.5, 0.6) is 5.75 Å². The number of amides is 1. The van der Waals surface area contributed by atoms with Crippen LogP contribution < -0.4 is 9.50 Å². The Labute approximate surface area is 202 Å². The van der Waals surface area contributed by atoms with E-state index >= 15 is 0 Å². The van der Waals surface area contributed by atoms with Gasteiger partial charge in [0.25, 0.3) is 11.6 Å². The van der Waals surface area contributed by atoms with E-state index in [-0.39, 0.29) is 16.9 Å². The molecule has 0 fully saturated rings. The molecular weight excluding hydrogens is 561 g/mol. The summed E-state index contributed by atoms with van der Waals surface area (Å²) in [6.07, 6.45) is 1.20. The van der Waals surface area contributed by atoms with Crippen molar-refractivity contribution in [3.05, 3.63) is 97.6 Å². The smallest absolute Gasteiger partial charge is 0.339 e. The van der Waals surface area contributed by atoms with Gasteiger partial charge in [-0.1, -0.05) is 30.3 Å². The van der Waals surface area contributed by atoms with Crippen molar-refractivity contribution in [2.24, 2.45) is 0 Å². The number of anilines is 1. The van der Waals surface area contributed by atoms with Crippen LogP contribution in [0.3, 0.4) is 0 Å². The minimum Gasteiger partial charge on any atom is -0.378 e. The maximum absolute atomic E-state index is 12.7. The van der Waals surface area contributed by atoms with E-state index in [0.29, 0.717) is 5.69 Å². The molecule has 3 aromatic rings. The standard InChI is InChI=1S/C22H14IN3O6S/c23-17-6-3-7-18(12-17)25-22(27)16(14-24)11-15-5-1-2-10-21(15)32-33(30,31)20-9-4-8-19(13-20)26(28)29/h1-13H,(H,25,27)/b16-11+. The fourth-order valence-electron chi connectivity index (χ4n) is 2.66. The van der Waals surface area contributed by atoms with Gasteiger partial charge in [0.05, 0.1) is 4.92 Å². The second kappa shape index (κ2) is 10.2. The van der Waals surface area contributed by atoms with Crippen molar-refractivity contribution in [3.8, 4) is 11.8 Å². The van der Waals surface area contributed by atoms with E-state index in [9.17, 15) is 28.6 Å². The molecule has 3 rings (SSSR count). The highest BCUT2D eigenvalue weighted by Crippen LogP contribution is 2.27. The van der Waals surface area contributed by atoms with Gasteiger partial charge < -0.3 is 9.50 Å². The molecule has 1 amide bonds. The molecule has 0 unspecified atom stereocenters. The second-order valence-electron chi connectivity index (χ2n) is 6.46.